The summed E-state index contributed by atoms with van der Waals surface area (Å²) in [6.45, 7) is 0. The van der Waals surface area contributed by atoms with Crippen LogP contribution in [0.2, 0.25) is 0 Å². The Labute approximate surface area is 116 Å². The van der Waals surface area contributed by atoms with Crippen LogP contribution < -0.4 is 10.5 Å². The zero-order chi connectivity index (χ0) is 13.9. The molecule has 100 valence electrons. The lowest BCUT2D eigenvalue weighted by atomic mass is 10.3. The van der Waals surface area contributed by atoms with Crippen LogP contribution in [0, 0.1) is 0 Å². The second-order valence-corrected chi connectivity index (χ2v) is 6.31. The molecule has 0 atom stereocenters. The minimum absolute atomic E-state index is 0.0916. The van der Waals surface area contributed by atoms with E-state index in [1.54, 1.807) is 23.9 Å². The second kappa shape index (κ2) is 5.50. The summed E-state index contributed by atoms with van der Waals surface area (Å²) in [7, 11) is -3.63. The zero-order valence-electron chi connectivity index (χ0n) is 10.2. The second-order valence-electron chi connectivity index (χ2n) is 3.75. The fraction of sp³-hybridized carbons (Fsp3) is 0.0833. The number of nitrogens with one attached hydrogen (secondary N) is 1. The standard InChI is InChI=1S/C12H13N3O2S2/c1-18-10-4-2-9(3-5-10)15-19(16,17)11-6-7-14-12(13)8-11/h2-8,15H,1H3,(H2,13,14). The molecule has 0 bridgehead atoms. The molecular formula is C12H13N3O2S2. The lowest BCUT2D eigenvalue weighted by Crippen LogP contribution is -2.13. The minimum Gasteiger partial charge on any atom is -0.384 e. The van der Waals surface area contributed by atoms with E-state index < -0.39 is 10.0 Å². The quantitative estimate of drug-likeness (QED) is 0.845. The average molecular weight is 295 g/mol. The molecule has 7 heteroatoms. The molecule has 1 aromatic carbocycles. The van der Waals surface area contributed by atoms with Crippen molar-refractivity contribution in [1.82, 2.24) is 4.98 Å². The molecule has 0 saturated heterocycles. The lowest BCUT2D eigenvalue weighted by molar-refractivity contribution is 0.601. The number of nitrogen functional groups attached to an aromatic ring is 1. The molecule has 0 aliphatic rings. The van der Waals surface area contributed by atoms with E-state index >= 15 is 0 Å². The van der Waals surface area contributed by atoms with Crippen molar-refractivity contribution < 1.29 is 8.42 Å². The fourth-order valence-corrected chi connectivity index (χ4v) is 2.96. The Balaban J connectivity index is 2.25. The largest absolute Gasteiger partial charge is 0.384 e. The van der Waals surface area contributed by atoms with Crippen LogP contribution in [0.15, 0.2) is 52.4 Å². The number of nitrogens with two attached hydrogens (primary N) is 1. The van der Waals surface area contributed by atoms with Gasteiger partial charge in [-0.2, -0.15) is 0 Å². The van der Waals surface area contributed by atoms with E-state index in [2.05, 4.69) is 9.71 Å². The van der Waals surface area contributed by atoms with Gasteiger partial charge in [-0.15, -0.1) is 11.8 Å². The summed E-state index contributed by atoms with van der Waals surface area (Å²) < 4.78 is 26.7. The van der Waals surface area contributed by atoms with Crippen LogP contribution >= 0.6 is 11.8 Å². The molecule has 0 spiro atoms. The molecule has 1 aromatic heterocycles. The predicted octanol–water partition coefficient (Wildman–Crippen LogP) is 2.19. The van der Waals surface area contributed by atoms with Crippen molar-refractivity contribution in [2.45, 2.75) is 9.79 Å². The summed E-state index contributed by atoms with van der Waals surface area (Å²) in [5.74, 6) is 0.167. The number of aromatic nitrogens is 1. The molecule has 0 fully saturated rings. The Kier molecular flexibility index (Phi) is 3.96. The topological polar surface area (TPSA) is 85.1 Å². The molecule has 0 radical (unpaired) electrons. The van der Waals surface area contributed by atoms with Gasteiger partial charge in [0.1, 0.15) is 5.82 Å². The summed E-state index contributed by atoms with van der Waals surface area (Å²) in [5.41, 5.74) is 5.99. The number of hydrogen-bond acceptors (Lipinski definition) is 5. The molecule has 5 nitrogen and oxygen atoms in total. The molecule has 19 heavy (non-hydrogen) atoms. The Morgan fingerprint density at radius 2 is 1.89 bits per heavy atom. The van der Waals surface area contributed by atoms with Crippen LogP contribution in [-0.2, 0) is 10.0 Å². The van der Waals surface area contributed by atoms with Crippen molar-refractivity contribution in [2.75, 3.05) is 16.7 Å². The number of hydrogen-bond donors (Lipinski definition) is 2. The van der Waals surface area contributed by atoms with Crippen molar-refractivity contribution >= 4 is 33.3 Å². The number of nitrogens with zero attached hydrogens (tertiary/aromatic N) is 1. The van der Waals surface area contributed by atoms with Gasteiger partial charge in [0.05, 0.1) is 4.90 Å². The van der Waals surface area contributed by atoms with Gasteiger partial charge in [0.2, 0.25) is 0 Å². The molecular weight excluding hydrogens is 282 g/mol. The van der Waals surface area contributed by atoms with Gasteiger partial charge in [0.25, 0.3) is 10.0 Å². The van der Waals surface area contributed by atoms with Crippen LogP contribution in [0.3, 0.4) is 0 Å². The van der Waals surface area contributed by atoms with Crippen molar-refractivity contribution in [3.8, 4) is 0 Å². The van der Waals surface area contributed by atoms with Crippen LogP contribution in [-0.4, -0.2) is 19.7 Å². The summed E-state index contributed by atoms with van der Waals surface area (Å²) in [4.78, 5) is 4.92. The molecule has 0 aliphatic carbocycles. The number of rotatable bonds is 4. The molecule has 0 aliphatic heterocycles. The van der Waals surface area contributed by atoms with Crippen LogP contribution in [0.4, 0.5) is 11.5 Å². The summed E-state index contributed by atoms with van der Waals surface area (Å²) in [6.07, 6.45) is 3.32. The van der Waals surface area contributed by atoms with Gasteiger partial charge in [-0.25, -0.2) is 13.4 Å². The highest BCUT2D eigenvalue weighted by Crippen LogP contribution is 2.20. The van der Waals surface area contributed by atoms with Gasteiger partial charge in [-0.3, -0.25) is 4.72 Å². The molecule has 0 unspecified atom stereocenters. The molecule has 3 N–H and O–H groups in total. The Morgan fingerprint density at radius 3 is 2.47 bits per heavy atom. The Hall–Kier alpha value is -1.73. The zero-order valence-corrected chi connectivity index (χ0v) is 11.8. The van der Waals surface area contributed by atoms with Gasteiger partial charge in [0.15, 0.2) is 0 Å². The third-order valence-corrected chi connectivity index (χ3v) is 4.53. The van der Waals surface area contributed by atoms with Crippen molar-refractivity contribution in [3.05, 3.63) is 42.6 Å². The Morgan fingerprint density at radius 1 is 1.21 bits per heavy atom. The van der Waals surface area contributed by atoms with Gasteiger partial charge in [0, 0.05) is 22.8 Å². The minimum atomic E-state index is -3.63. The average Bonchev–Trinajstić information content (AvgIpc) is 2.39. The monoisotopic (exact) mass is 295 g/mol. The maximum absolute atomic E-state index is 12.1. The maximum atomic E-state index is 12.1. The first-order valence-electron chi connectivity index (χ1n) is 5.40. The highest BCUT2D eigenvalue weighted by atomic mass is 32.2. The number of pyridine rings is 1. The molecule has 0 amide bonds. The molecule has 1 heterocycles. The van der Waals surface area contributed by atoms with Crippen molar-refractivity contribution in [3.63, 3.8) is 0 Å². The van der Waals surface area contributed by atoms with Crippen LogP contribution in [0.25, 0.3) is 0 Å². The van der Waals surface area contributed by atoms with Gasteiger partial charge < -0.3 is 5.73 Å². The normalized spacial score (nSPS) is 11.2. The lowest BCUT2D eigenvalue weighted by Gasteiger charge is -2.08. The van der Waals surface area contributed by atoms with E-state index in [1.165, 1.54) is 18.3 Å². The molecule has 2 aromatic rings. The number of anilines is 2. The van der Waals surface area contributed by atoms with Crippen LogP contribution in [0.1, 0.15) is 0 Å². The van der Waals surface area contributed by atoms with E-state index in [9.17, 15) is 8.42 Å². The first-order chi connectivity index (χ1) is 9.01. The maximum Gasteiger partial charge on any atom is 0.262 e. The number of thioether (sulfide) groups is 1. The first kappa shape index (κ1) is 13.7. The van der Waals surface area contributed by atoms with E-state index in [-0.39, 0.29) is 10.7 Å². The van der Waals surface area contributed by atoms with Gasteiger partial charge >= 0.3 is 0 Å². The fourth-order valence-electron chi connectivity index (χ4n) is 1.47. The number of sulfonamides is 1. The molecule has 2 rings (SSSR count). The first-order valence-corrected chi connectivity index (χ1v) is 8.10. The highest BCUT2D eigenvalue weighted by molar-refractivity contribution is 7.98. The van der Waals surface area contributed by atoms with Crippen molar-refractivity contribution in [2.24, 2.45) is 0 Å². The van der Waals surface area contributed by atoms with E-state index in [0.717, 1.165) is 4.90 Å². The predicted molar refractivity (Wildman–Crippen MR) is 77.7 cm³/mol. The van der Waals surface area contributed by atoms with E-state index in [1.807, 2.05) is 18.4 Å². The number of benzene rings is 1. The molecule has 0 saturated carbocycles. The summed E-state index contributed by atoms with van der Waals surface area (Å²) >= 11 is 1.59. The summed E-state index contributed by atoms with van der Waals surface area (Å²) in [5, 5.41) is 0. The van der Waals surface area contributed by atoms with E-state index in [0.29, 0.717) is 5.69 Å². The summed E-state index contributed by atoms with van der Waals surface area (Å²) in [6, 6.07) is 9.85. The van der Waals surface area contributed by atoms with Crippen molar-refractivity contribution in [1.29, 1.82) is 0 Å². The Bertz CT molecular complexity index is 670. The van der Waals surface area contributed by atoms with Gasteiger partial charge in [-0.05, 0) is 36.6 Å². The SMILES string of the molecule is CSc1ccc(NS(=O)(=O)c2ccnc(N)c2)cc1. The third kappa shape index (κ3) is 3.39. The van der Waals surface area contributed by atoms with Crippen LogP contribution in [0.5, 0.6) is 0 Å². The highest BCUT2D eigenvalue weighted by Gasteiger charge is 2.14. The smallest absolute Gasteiger partial charge is 0.262 e. The van der Waals surface area contributed by atoms with Gasteiger partial charge in [-0.1, -0.05) is 0 Å². The third-order valence-electron chi connectivity index (χ3n) is 2.41. The van der Waals surface area contributed by atoms with E-state index in [4.69, 9.17) is 5.73 Å².